The van der Waals surface area contributed by atoms with Crippen molar-refractivity contribution < 1.29 is 9.53 Å². The first kappa shape index (κ1) is 16.3. The summed E-state index contributed by atoms with van der Waals surface area (Å²) in [4.78, 5) is 12.2. The van der Waals surface area contributed by atoms with Gasteiger partial charge in [0.1, 0.15) is 5.75 Å². The van der Waals surface area contributed by atoms with Gasteiger partial charge in [-0.2, -0.15) is 0 Å². The Hall–Kier alpha value is -2.03. The van der Waals surface area contributed by atoms with Crippen molar-refractivity contribution in [3.05, 3.63) is 42.5 Å². The highest BCUT2D eigenvalue weighted by molar-refractivity contribution is 5.84. The summed E-state index contributed by atoms with van der Waals surface area (Å²) in [6, 6.07) is 14.1. The van der Waals surface area contributed by atoms with Gasteiger partial charge in [-0.15, -0.1) is 0 Å². The lowest BCUT2D eigenvalue weighted by Crippen LogP contribution is -2.38. The molecule has 0 aliphatic rings. The third-order valence-corrected chi connectivity index (χ3v) is 3.67. The molecular weight excluding hydrogens is 274 g/mol. The third-order valence-electron chi connectivity index (χ3n) is 3.67. The third kappa shape index (κ3) is 4.48. The van der Waals surface area contributed by atoms with Gasteiger partial charge in [0.05, 0.1) is 0 Å². The maximum Gasteiger partial charge on any atom is 0.261 e. The second kappa shape index (κ2) is 8.42. The first-order valence-corrected chi connectivity index (χ1v) is 8.17. The van der Waals surface area contributed by atoms with Gasteiger partial charge in [0, 0.05) is 6.54 Å². The van der Waals surface area contributed by atoms with Crippen molar-refractivity contribution in [2.45, 2.75) is 45.6 Å². The Kier molecular flexibility index (Phi) is 6.26. The molecule has 3 heteroatoms. The average molecular weight is 299 g/mol. The van der Waals surface area contributed by atoms with Crippen LogP contribution in [0.3, 0.4) is 0 Å². The fourth-order valence-electron chi connectivity index (χ4n) is 2.41. The molecule has 1 amide bonds. The molecule has 22 heavy (non-hydrogen) atoms. The monoisotopic (exact) mass is 299 g/mol. The van der Waals surface area contributed by atoms with E-state index in [0.717, 1.165) is 43.4 Å². The van der Waals surface area contributed by atoms with Gasteiger partial charge >= 0.3 is 0 Å². The summed E-state index contributed by atoms with van der Waals surface area (Å²) in [5.41, 5.74) is 0. The maximum absolute atomic E-state index is 12.2. The first-order valence-electron chi connectivity index (χ1n) is 8.17. The number of ether oxygens (including phenoxy) is 1. The van der Waals surface area contributed by atoms with Crippen LogP contribution in [0, 0.1) is 0 Å². The van der Waals surface area contributed by atoms with Crippen LogP contribution in [0.4, 0.5) is 0 Å². The summed E-state index contributed by atoms with van der Waals surface area (Å²) in [5.74, 6) is 0.742. The second-order valence-electron chi connectivity index (χ2n) is 5.55. The molecule has 0 aliphatic carbocycles. The molecule has 2 aromatic rings. The molecule has 0 aliphatic heterocycles. The van der Waals surface area contributed by atoms with Crippen molar-refractivity contribution in [3.8, 4) is 5.75 Å². The molecule has 118 valence electrons. The normalized spacial score (nSPS) is 12.1. The van der Waals surface area contributed by atoms with E-state index in [1.54, 1.807) is 0 Å². The Balaban J connectivity index is 2.06. The molecule has 0 radical (unpaired) electrons. The van der Waals surface area contributed by atoms with E-state index in [-0.39, 0.29) is 5.91 Å². The molecule has 0 spiro atoms. The van der Waals surface area contributed by atoms with Crippen LogP contribution in [-0.2, 0) is 4.79 Å². The van der Waals surface area contributed by atoms with Gasteiger partial charge in [-0.3, -0.25) is 4.79 Å². The number of unbranched alkanes of at least 4 members (excludes halogenated alkanes) is 1. The standard InChI is InChI=1S/C19H25NO2/c1-3-5-13-20-19(21)18(8-4-2)22-17-12-11-15-9-6-7-10-16(15)14-17/h6-7,9-12,14,18H,3-5,8,13H2,1-2H3,(H,20,21). The van der Waals surface area contributed by atoms with Gasteiger partial charge in [-0.25, -0.2) is 0 Å². The van der Waals surface area contributed by atoms with Crippen molar-refractivity contribution >= 4 is 16.7 Å². The minimum absolute atomic E-state index is 0.0107. The fourth-order valence-corrected chi connectivity index (χ4v) is 2.41. The minimum atomic E-state index is -0.414. The molecule has 3 nitrogen and oxygen atoms in total. The molecule has 0 heterocycles. The van der Waals surface area contributed by atoms with E-state index in [2.05, 4.69) is 31.3 Å². The topological polar surface area (TPSA) is 38.3 Å². The Morgan fingerprint density at radius 1 is 1.09 bits per heavy atom. The average Bonchev–Trinajstić information content (AvgIpc) is 2.54. The molecule has 1 N–H and O–H groups in total. The number of fused-ring (bicyclic) bond motifs is 1. The van der Waals surface area contributed by atoms with Crippen LogP contribution in [0.25, 0.3) is 10.8 Å². The molecule has 1 unspecified atom stereocenters. The van der Waals surface area contributed by atoms with Gasteiger partial charge in [-0.05, 0) is 35.7 Å². The number of carbonyl (C=O) groups excluding carboxylic acids is 1. The minimum Gasteiger partial charge on any atom is -0.481 e. The second-order valence-corrected chi connectivity index (χ2v) is 5.55. The van der Waals surface area contributed by atoms with Crippen molar-refractivity contribution in [2.75, 3.05) is 6.54 Å². The van der Waals surface area contributed by atoms with E-state index in [4.69, 9.17) is 4.74 Å². The molecule has 0 saturated carbocycles. The lowest BCUT2D eigenvalue weighted by atomic mass is 10.1. The summed E-state index contributed by atoms with van der Waals surface area (Å²) in [6.45, 7) is 4.90. The highest BCUT2D eigenvalue weighted by atomic mass is 16.5. The summed E-state index contributed by atoms with van der Waals surface area (Å²) >= 11 is 0. The van der Waals surface area contributed by atoms with Crippen LogP contribution in [0.1, 0.15) is 39.5 Å². The van der Waals surface area contributed by atoms with Crippen molar-refractivity contribution in [2.24, 2.45) is 0 Å². The van der Waals surface area contributed by atoms with Crippen molar-refractivity contribution in [1.82, 2.24) is 5.32 Å². The summed E-state index contributed by atoms with van der Waals surface area (Å²) in [7, 11) is 0. The molecule has 1 atom stereocenters. The van der Waals surface area contributed by atoms with Crippen molar-refractivity contribution in [1.29, 1.82) is 0 Å². The van der Waals surface area contributed by atoms with Crippen LogP contribution in [0.5, 0.6) is 5.75 Å². The van der Waals surface area contributed by atoms with Gasteiger partial charge in [0.15, 0.2) is 6.10 Å². The van der Waals surface area contributed by atoms with Crippen LogP contribution in [-0.4, -0.2) is 18.6 Å². The SMILES string of the molecule is CCCCNC(=O)C(CCC)Oc1ccc2ccccc2c1. The molecule has 0 saturated heterocycles. The van der Waals surface area contributed by atoms with Gasteiger partial charge in [0.25, 0.3) is 5.91 Å². The van der Waals surface area contributed by atoms with E-state index in [1.165, 1.54) is 5.39 Å². The maximum atomic E-state index is 12.2. The Labute approximate surface area is 132 Å². The van der Waals surface area contributed by atoms with Gasteiger partial charge < -0.3 is 10.1 Å². The molecule has 2 aromatic carbocycles. The van der Waals surface area contributed by atoms with E-state index in [1.807, 2.05) is 30.3 Å². The number of rotatable bonds is 8. The number of hydrogen-bond acceptors (Lipinski definition) is 2. The number of nitrogens with one attached hydrogen (secondary N) is 1. The van der Waals surface area contributed by atoms with Crippen molar-refractivity contribution in [3.63, 3.8) is 0 Å². The lowest BCUT2D eigenvalue weighted by Gasteiger charge is -2.18. The van der Waals surface area contributed by atoms with Crippen LogP contribution < -0.4 is 10.1 Å². The smallest absolute Gasteiger partial charge is 0.261 e. The molecule has 2 rings (SSSR count). The molecular formula is C19H25NO2. The number of amides is 1. The molecule has 0 fully saturated rings. The highest BCUT2D eigenvalue weighted by Crippen LogP contribution is 2.22. The largest absolute Gasteiger partial charge is 0.481 e. The number of benzene rings is 2. The van der Waals surface area contributed by atoms with E-state index < -0.39 is 6.10 Å². The Morgan fingerprint density at radius 3 is 2.59 bits per heavy atom. The number of carbonyl (C=O) groups is 1. The first-order chi connectivity index (χ1) is 10.7. The zero-order valence-corrected chi connectivity index (χ0v) is 13.5. The van der Waals surface area contributed by atoms with E-state index in [0.29, 0.717) is 0 Å². The summed E-state index contributed by atoms with van der Waals surface area (Å²) < 4.78 is 5.94. The predicted octanol–water partition coefficient (Wildman–Crippen LogP) is 4.30. The molecule has 0 aromatic heterocycles. The molecule has 0 bridgehead atoms. The van der Waals surface area contributed by atoms with Crippen LogP contribution >= 0.6 is 0 Å². The predicted molar refractivity (Wildman–Crippen MR) is 91.2 cm³/mol. The zero-order chi connectivity index (χ0) is 15.8. The summed E-state index contributed by atoms with van der Waals surface area (Å²) in [6.07, 6.45) is 3.30. The van der Waals surface area contributed by atoms with E-state index >= 15 is 0 Å². The number of hydrogen-bond donors (Lipinski definition) is 1. The van der Waals surface area contributed by atoms with Gasteiger partial charge in [0.2, 0.25) is 0 Å². The quantitative estimate of drug-likeness (QED) is 0.738. The summed E-state index contributed by atoms with van der Waals surface area (Å²) in [5, 5.41) is 5.26. The fraction of sp³-hybridized carbons (Fsp3) is 0.421. The van der Waals surface area contributed by atoms with E-state index in [9.17, 15) is 4.79 Å². The van der Waals surface area contributed by atoms with Gasteiger partial charge in [-0.1, -0.05) is 57.0 Å². The lowest BCUT2D eigenvalue weighted by molar-refractivity contribution is -0.128. The van der Waals surface area contributed by atoms with Crippen LogP contribution in [0.2, 0.25) is 0 Å². The Morgan fingerprint density at radius 2 is 1.86 bits per heavy atom. The van der Waals surface area contributed by atoms with Crippen LogP contribution in [0.15, 0.2) is 42.5 Å². The Bertz CT molecular complexity index is 609. The highest BCUT2D eigenvalue weighted by Gasteiger charge is 2.19. The zero-order valence-electron chi connectivity index (χ0n) is 13.5.